The summed E-state index contributed by atoms with van der Waals surface area (Å²) >= 11 is 0. The molecule has 4 nitrogen and oxygen atoms in total. The van der Waals surface area contributed by atoms with Gasteiger partial charge in [-0.3, -0.25) is 10.1 Å². The molecule has 0 spiro atoms. The maximum Gasteiger partial charge on any atom is 0.325 e. The number of rotatable bonds is 7. The lowest BCUT2D eigenvalue weighted by molar-refractivity contribution is -0.139. The van der Waals surface area contributed by atoms with E-state index >= 15 is 0 Å². The Hall–Kier alpha value is -1.39. The van der Waals surface area contributed by atoms with Crippen molar-refractivity contribution in [3.05, 3.63) is 35.9 Å². The van der Waals surface area contributed by atoms with Gasteiger partial charge in [0.15, 0.2) is 0 Å². The molecular formula is C13H19NO3. The van der Waals surface area contributed by atoms with Crippen molar-refractivity contribution < 1.29 is 14.6 Å². The van der Waals surface area contributed by atoms with Crippen LogP contribution in [0.25, 0.3) is 0 Å². The van der Waals surface area contributed by atoms with Crippen molar-refractivity contribution >= 4 is 5.97 Å². The largest absolute Gasteiger partial charge is 0.480 e. The minimum atomic E-state index is -0.861. The van der Waals surface area contributed by atoms with Crippen LogP contribution in [0.1, 0.15) is 24.9 Å². The molecule has 2 unspecified atom stereocenters. The van der Waals surface area contributed by atoms with Gasteiger partial charge in [0.1, 0.15) is 6.04 Å². The number of ether oxygens (including phenoxy) is 1. The zero-order valence-electron chi connectivity index (χ0n) is 10.2. The smallest absolute Gasteiger partial charge is 0.325 e. The lowest BCUT2D eigenvalue weighted by Gasteiger charge is -2.20. The molecule has 0 aliphatic carbocycles. The van der Waals surface area contributed by atoms with Gasteiger partial charge in [0.2, 0.25) is 0 Å². The molecule has 0 aliphatic rings. The molecule has 0 radical (unpaired) electrons. The average molecular weight is 237 g/mol. The molecule has 1 aromatic rings. The van der Waals surface area contributed by atoms with E-state index < -0.39 is 12.0 Å². The fourth-order valence-corrected chi connectivity index (χ4v) is 1.62. The van der Waals surface area contributed by atoms with Crippen molar-refractivity contribution in [2.45, 2.75) is 25.4 Å². The van der Waals surface area contributed by atoms with E-state index in [4.69, 9.17) is 4.74 Å². The summed E-state index contributed by atoms with van der Waals surface area (Å²) in [4.78, 5) is 11.2. The molecule has 0 saturated heterocycles. The number of carboxylic acid groups (broad SMARTS) is 1. The molecule has 2 atom stereocenters. The van der Waals surface area contributed by atoms with Crippen LogP contribution >= 0.6 is 0 Å². The maximum absolute atomic E-state index is 11.2. The van der Waals surface area contributed by atoms with Crippen molar-refractivity contribution in [3.8, 4) is 0 Å². The monoisotopic (exact) mass is 237 g/mol. The second-order valence-corrected chi connectivity index (χ2v) is 4.03. The quantitative estimate of drug-likeness (QED) is 0.759. The molecule has 0 fully saturated rings. The van der Waals surface area contributed by atoms with E-state index in [1.165, 1.54) is 0 Å². The van der Waals surface area contributed by atoms with Gasteiger partial charge >= 0.3 is 5.97 Å². The van der Waals surface area contributed by atoms with Crippen LogP contribution in [-0.2, 0) is 9.53 Å². The van der Waals surface area contributed by atoms with Crippen molar-refractivity contribution in [2.24, 2.45) is 0 Å². The van der Waals surface area contributed by atoms with Crippen LogP contribution in [0, 0.1) is 0 Å². The highest BCUT2D eigenvalue weighted by molar-refractivity contribution is 5.75. The van der Waals surface area contributed by atoms with Gasteiger partial charge in [-0.1, -0.05) is 30.3 Å². The van der Waals surface area contributed by atoms with Crippen LogP contribution in [0.5, 0.6) is 0 Å². The molecule has 0 bridgehead atoms. The Kier molecular flexibility index (Phi) is 5.66. The SMILES string of the molecule is COCCC(C)NC(C(=O)O)c1ccccc1. The summed E-state index contributed by atoms with van der Waals surface area (Å²) in [6.45, 7) is 2.58. The predicted octanol–water partition coefficient (Wildman–Crippen LogP) is 1.83. The Labute approximate surface area is 102 Å². The summed E-state index contributed by atoms with van der Waals surface area (Å²) in [5, 5.41) is 12.3. The van der Waals surface area contributed by atoms with Crippen molar-refractivity contribution in [2.75, 3.05) is 13.7 Å². The molecule has 94 valence electrons. The van der Waals surface area contributed by atoms with Crippen LogP contribution in [0.3, 0.4) is 0 Å². The molecular weight excluding hydrogens is 218 g/mol. The molecule has 17 heavy (non-hydrogen) atoms. The van der Waals surface area contributed by atoms with E-state index in [9.17, 15) is 9.90 Å². The van der Waals surface area contributed by atoms with Gasteiger partial charge in [0.25, 0.3) is 0 Å². The van der Waals surface area contributed by atoms with Gasteiger partial charge in [-0.2, -0.15) is 0 Å². The third-order valence-corrected chi connectivity index (χ3v) is 2.59. The highest BCUT2D eigenvalue weighted by Gasteiger charge is 2.20. The lowest BCUT2D eigenvalue weighted by atomic mass is 10.1. The number of methoxy groups -OCH3 is 1. The zero-order valence-corrected chi connectivity index (χ0v) is 10.2. The topological polar surface area (TPSA) is 58.6 Å². The molecule has 1 aromatic carbocycles. The van der Waals surface area contributed by atoms with Crippen LogP contribution in [0.4, 0.5) is 0 Å². The first-order valence-electron chi connectivity index (χ1n) is 5.68. The van der Waals surface area contributed by atoms with E-state index in [-0.39, 0.29) is 6.04 Å². The number of nitrogens with one attached hydrogen (secondary N) is 1. The van der Waals surface area contributed by atoms with Gasteiger partial charge in [0.05, 0.1) is 0 Å². The molecule has 0 aliphatic heterocycles. The molecule has 0 aromatic heterocycles. The van der Waals surface area contributed by atoms with Crippen LogP contribution < -0.4 is 5.32 Å². The fourth-order valence-electron chi connectivity index (χ4n) is 1.62. The predicted molar refractivity (Wildman–Crippen MR) is 65.9 cm³/mol. The van der Waals surface area contributed by atoms with Gasteiger partial charge in [0, 0.05) is 19.8 Å². The van der Waals surface area contributed by atoms with Gasteiger partial charge in [-0.05, 0) is 18.9 Å². The minimum Gasteiger partial charge on any atom is -0.480 e. The normalized spacial score (nSPS) is 14.2. The van der Waals surface area contributed by atoms with E-state index in [1.807, 2.05) is 37.3 Å². The first-order chi connectivity index (χ1) is 8.15. The molecule has 0 heterocycles. The van der Waals surface area contributed by atoms with Crippen molar-refractivity contribution in [1.29, 1.82) is 0 Å². The van der Waals surface area contributed by atoms with Crippen molar-refractivity contribution in [3.63, 3.8) is 0 Å². The number of hydrogen-bond acceptors (Lipinski definition) is 3. The van der Waals surface area contributed by atoms with Gasteiger partial charge in [-0.25, -0.2) is 0 Å². The van der Waals surface area contributed by atoms with Crippen LogP contribution in [0.2, 0.25) is 0 Å². The summed E-state index contributed by atoms with van der Waals surface area (Å²) in [6, 6.07) is 8.61. The summed E-state index contributed by atoms with van der Waals surface area (Å²) in [7, 11) is 1.64. The molecule has 0 saturated carbocycles. The number of aliphatic carboxylic acids is 1. The molecule has 0 amide bonds. The third-order valence-electron chi connectivity index (χ3n) is 2.59. The minimum absolute atomic E-state index is 0.0938. The average Bonchev–Trinajstić information content (AvgIpc) is 2.34. The fraction of sp³-hybridized carbons (Fsp3) is 0.462. The molecule has 4 heteroatoms. The second-order valence-electron chi connectivity index (χ2n) is 4.03. The van der Waals surface area contributed by atoms with E-state index in [1.54, 1.807) is 7.11 Å². The van der Waals surface area contributed by atoms with E-state index in [2.05, 4.69) is 5.32 Å². The van der Waals surface area contributed by atoms with Crippen LogP contribution in [-0.4, -0.2) is 30.8 Å². The van der Waals surface area contributed by atoms with E-state index in [0.29, 0.717) is 6.61 Å². The maximum atomic E-state index is 11.2. The zero-order chi connectivity index (χ0) is 12.7. The summed E-state index contributed by atoms with van der Waals surface area (Å²) in [5.41, 5.74) is 0.768. The van der Waals surface area contributed by atoms with Crippen molar-refractivity contribution in [1.82, 2.24) is 5.32 Å². The third kappa shape index (κ3) is 4.54. The Morgan fingerprint density at radius 1 is 1.41 bits per heavy atom. The number of benzene rings is 1. The van der Waals surface area contributed by atoms with E-state index in [0.717, 1.165) is 12.0 Å². The number of hydrogen-bond donors (Lipinski definition) is 2. The Bertz CT molecular complexity index is 340. The highest BCUT2D eigenvalue weighted by Crippen LogP contribution is 2.14. The number of carboxylic acids is 1. The Morgan fingerprint density at radius 3 is 2.59 bits per heavy atom. The standard InChI is InChI=1S/C13H19NO3/c1-10(8-9-17-2)14-12(13(15)16)11-6-4-3-5-7-11/h3-7,10,12,14H,8-9H2,1-2H3,(H,15,16). The summed E-state index contributed by atoms with van der Waals surface area (Å²) < 4.78 is 4.97. The number of carbonyl (C=O) groups is 1. The van der Waals surface area contributed by atoms with Gasteiger partial charge < -0.3 is 9.84 Å². The first-order valence-corrected chi connectivity index (χ1v) is 5.68. The Balaban J connectivity index is 2.65. The van der Waals surface area contributed by atoms with Gasteiger partial charge in [-0.15, -0.1) is 0 Å². The molecule has 2 N–H and O–H groups in total. The second kappa shape index (κ2) is 7.04. The Morgan fingerprint density at radius 2 is 2.06 bits per heavy atom. The lowest BCUT2D eigenvalue weighted by Crippen LogP contribution is -2.35. The summed E-state index contributed by atoms with van der Waals surface area (Å²) in [6.07, 6.45) is 0.785. The summed E-state index contributed by atoms with van der Waals surface area (Å²) in [5.74, 6) is -0.861. The highest BCUT2D eigenvalue weighted by atomic mass is 16.5. The first kappa shape index (κ1) is 13.7. The van der Waals surface area contributed by atoms with Crippen LogP contribution in [0.15, 0.2) is 30.3 Å². The molecule has 1 rings (SSSR count).